The van der Waals surface area contributed by atoms with Crippen LogP contribution in [0.25, 0.3) is 0 Å². The Morgan fingerprint density at radius 1 is 1.56 bits per heavy atom. The van der Waals surface area contributed by atoms with Crippen molar-refractivity contribution >= 4 is 5.96 Å². The molecule has 1 aliphatic rings. The maximum atomic E-state index is 5.30. The monoisotopic (exact) mass is 253 g/mol. The zero-order valence-corrected chi connectivity index (χ0v) is 12.0. The minimum absolute atomic E-state index is 0.778. The molecule has 1 rings (SSSR count). The first-order valence-electron chi connectivity index (χ1n) is 6.95. The third-order valence-corrected chi connectivity index (χ3v) is 3.21. The number of hydrogen-bond acceptors (Lipinski definition) is 2. The van der Waals surface area contributed by atoms with Gasteiger partial charge in [-0.2, -0.15) is 0 Å². The van der Waals surface area contributed by atoms with Gasteiger partial charge in [0.05, 0.1) is 13.2 Å². The van der Waals surface area contributed by atoms with E-state index in [1.165, 1.54) is 18.4 Å². The summed E-state index contributed by atoms with van der Waals surface area (Å²) in [5.41, 5.74) is 1.50. The van der Waals surface area contributed by atoms with E-state index in [4.69, 9.17) is 4.74 Å². The van der Waals surface area contributed by atoms with E-state index in [1.807, 2.05) is 7.05 Å². The van der Waals surface area contributed by atoms with Crippen molar-refractivity contribution in [3.63, 3.8) is 0 Å². The van der Waals surface area contributed by atoms with Crippen LogP contribution in [-0.4, -0.2) is 51.3 Å². The summed E-state index contributed by atoms with van der Waals surface area (Å²) in [5, 5.41) is 3.42. The first-order valence-corrected chi connectivity index (χ1v) is 6.95. The fourth-order valence-electron chi connectivity index (χ4n) is 2.01. The molecule has 0 fully saturated rings. The predicted molar refractivity (Wildman–Crippen MR) is 77.0 cm³/mol. The second kappa shape index (κ2) is 8.97. The first-order chi connectivity index (χ1) is 8.77. The van der Waals surface area contributed by atoms with Crippen molar-refractivity contribution in [2.45, 2.75) is 32.6 Å². The van der Waals surface area contributed by atoms with Crippen molar-refractivity contribution < 1.29 is 4.74 Å². The minimum Gasteiger partial charge on any atom is -0.377 e. The number of hydrogen-bond donors (Lipinski definition) is 1. The van der Waals surface area contributed by atoms with Crippen LogP contribution >= 0.6 is 0 Å². The molecular weight excluding hydrogens is 226 g/mol. The number of nitrogens with one attached hydrogen (secondary N) is 1. The topological polar surface area (TPSA) is 36.9 Å². The first kappa shape index (κ1) is 15.0. The van der Waals surface area contributed by atoms with E-state index < -0.39 is 0 Å². The summed E-state index contributed by atoms with van der Waals surface area (Å²) in [6, 6.07) is 0. The Morgan fingerprint density at radius 2 is 2.39 bits per heavy atom. The third kappa shape index (κ3) is 5.54. The smallest absolute Gasteiger partial charge is 0.193 e. The van der Waals surface area contributed by atoms with Crippen LogP contribution in [0.4, 0.5) is 0 Å². The van der Waals surface area contributed by atoms with Crippen LogP contribution in [0.1, 0.15) is 32.6 Å². The molecule has 1 heterocycles. The van der Waals surface area contributed by atoms with Crippen LogP contribution in [0.3, 0.4) is 0 Å². The lowest BCUT2D eigenvalue weighted by molar-refractivity contribution is 0.153. The highest BCUT2D eigenvalue weighted by Gasteiger charge is 2.06. The summed E-state index contributed by atoms with van der Waals surface area (Å²) < 4.78 is 5.30. The van der Waals surface area contributed by atoms with Gasteiger partial charge in [0, 0.05) is 27.2 Å². The Morgan fingerprint density at radius 3 is 3.00 bits per heavy atom. The molecule has 0 atom stereocenters. The Labute approximate surface area is 111 Å². The molecule has 104 valence electrons. The number of nitrogens with zero attached hydrogens (tertiary/aromatic N) is 2. The van der Waals surface area contributed by atoms with Crippen molar-refractivity contribution in [1.82, 2.24) is 10.2 Å². The maximum Gasteiger partial charge on any atom is 0.193 e. The molecule has 0 saturated heterocycles. The summed E-state index contributed by atoms with van der Waals surface area (Å²) in [6.45, 7) is 5.88. The molecule has 0 aromatic heterocycles. The van der Waals surface area contributed by atoms with E-state index in [9.17, 15) is 0 Å². The highest BCUT2D eigenvalue weighted by atomic mass is 16.5. The molecule has 0 amide bonds. The molecule has 0 aromatic carbocycles. The van der Waals surface area contributed by atoms with Crippen LogP contribution in [0, 0.1) is 0 Å². The van der Waals surface area contributed by atoms with E-state index in [1.54, 1.807) is 0 Å². The van der Waals surface area contributed by atoms with Gasteiger partial charge in [-0.05, 0) is 19.3 Å². The van der Waals surface area contributed by atoms with Gasteiger partial charge in [-0.15, -0.1) is 0 Å². The van der Waals surface area contributed by atoms with Gasteiger partial charge in [-0.25, -0.2) is 0 Å². The molecule has 0 bridgehead atoms. The molecule has 0 unspecified atom stereocenters. The van der Waals surface area contributed by atoms with Gasteiger partial charge in [-0.1, -0.05) is 25.0 Å². The molecule has 18 heavy (non-hydrogen) atoms. The van der Waals surface area contributed by atoms with Gasteiger partial charge < -0.3 is 15.0 Å². The van der Waals surface area contributed by atoms with E-state index in [0.29, 0.717) is 0 Å². The molecule has 0 aromatic rings. The number of unbranched alkanes of at least 4 members (excludes halogenated alkanes) is 1. The van der Waals surface area contributed by atoms with Gasteiger partial charge >= 0.3 is 0 Å². The molecule has 4 heteroatoms. The summed E-state index contributed by atoms with van der Waals surface area (Å²) in [6.07, 6.45) is 6.79. The SMILES string of the molecule is CCCCN(C)C(=NC)NCCC1=CCOCC1. The lowest BCUT2D eigenvalue weighted by Gasteiger charge is -2.22. The zero-order valence-electron chi connectivity index (χ0n) is 12.0. The van der Waals surface area contributed by atoms with Crippen molar-refractivity contribution in [2.75, 3.05) is 40.4 Å². The molecule has 0 aliphatic carbocycles. The Balaban J connectivity index is 2.24. The Hall–Kier alpha value is -1.03. The molecular formula is C14H27N3O. The maximum absolute atomic E-state index is 5.30. The lowest BCUT2D eigenvalue weighted by atomic mass is 10.1. The van der Waals surface area contributed by atoms with Crippen molar-refractivity contribution in [3.8, 4) is 0 Å². The number of rotatable bonds is 6. The fourth-order valence-corrected chi connectivity index (χ4v) is 2.01. The molecule has 0 spiro atoms. The van der Waals surface area contributed by atoms with E-state index in [0.717, 1.165) is 45.1 Å². The normalized spacial score (nSPS) is 16.4. The summed E-state index contributed by atoms with van der Waals surface area (Å²) in [5.74, 6) is 0.996. The van der Waals surface area contributed by atoms with Gasteiger partial charge in [0.15, 0.2) is 5.96 Å². The quantitative estimate of drug-likeness (QED) is 0.447. The second-order valence-electron chi connectivity index (χ2n) is 4.69. The lowest BCUT2D eigenvalue weighted by Crippen LogP contribution is -2.39. The Bertz CT molecular complexity index is 287. The van der Waals surface area contributed by atoms with Crippen LogP contribution in [-0.2, 0) is 4.74 Å². The predicted octanol–water partition coefficient (Wildman–Crippen LogP) is 2.03. The highest BCUT2D eigenvalue weighted by molar-refractivity contribution is 5.79. The number of ether oxygens (including phenoxy) is 1. The number of aliphatic imine (C=N–C) groups is 1. The third-order valence-electron chi connectivity index (χ3n) is 3.21. The molecule has 4 nitrogen and oxygen atoms in total. The van der Waals surface area contributed by atoms with Crippen molar-refractivity contribution in [2.24, 2.45) is 4.99 Å². The van der Waals surface area contributed by atoms with Crippen LogP contribution in [0.15, 0.2) is 16.6 Å². The average molecular weight is 253 g/mol. The standard InChI is InChI=1S/C14H27N3O/c1-4-5-10-17(3)14(15-2)16-9-6-13-7-11-18-12-8-13/h7H,4-6,8-12H2,1-3H3,(H,15,16). The van der Waals surface area contributed by atoms with E-state index in [-0.39, 0.29) is 0 Å². The molecule has 1 aliphatic heterocycles. The van der Waals surface area contributed by atoms with Crippen LogP contribution in [0.2, 0.25) is 0 Å². The summed E-state index contributed by atoms with van der Waals surface area (Å²) in [4.78, 5) is 6.51. The van der Waals surface area contributed by atoms with Crippen molar-refractivity contribution in [3.05, 3.63) is 11.6 Å². The minimum atomic E-state index is 0.778. The Kier molecular flexibility index (Phi) is 7.49. The van der Waals surface area contributed by atoms with Gasteiger partial charge in [-0.3, -0.25) is 4.99 Å². The molecule has 1 N–H and O–H groups in total. The van der Waals surface area contributed by atoms with E-state index >= 15 is 0 Å². The van der Waals surface area contributed by atoms with Crippen molar-refractivity contribution in [1.29, 1.82) is 0 Å². The second-order valence-corrected chi connectivity index (χ2v) is 4.69. The fraction of sp³-hybridized carbons (Fsp3) is 0.786. The molecule has 0 radical (unpaired) electrons. The van der Waals surface area contributed by atoms with Gasteiger partial charge in [0.25, 0.3) is 0 Å². The van der Waals surface area contributed by atoms with Crippen LogP contribution in [0.5, 0.6) is 0 Å². The van der Waals surface area contributed by atoms with E-state index in [2.05, 4.69) is 35.3 Å². The van der Waals surface area contributed by atoms with Crippen LogP contribution < -0.4 is 5.32 Å². The molecule has 0 saturated carbocycles. The van der Waals surface area contributed by atoms with Gasteiger partial charge in [0.1, 0.15) is 0 Å². The summed E-state index contributed by atoms with van der Waals surface area (Å²) >= 11 is 0. The highest BCUT2D eigenvalue weighted by Crippen LogP contribution is 2.10. The largest absolute Gasteiger partial charge is 0.377 e. The zero-order chi connectivity index (χ0) is 13.2. The van der Waals surface area contributed by atoms with Gasteiger partial charge in [0.2, 0.25) is 0 Å². The average Bonchev–Trinajstić information content (AvgIpc) is 2.42. The number of guanidine groups is 1. The summed E-state index contributed by atoms with van der Waals surface area (Å²) in [7, 11) is 3.94.